The summed E-state index contributed by atoms with van der Waals surface area (Å²) >= 11 is 0. The molecule has 0 spiro atoms. The highest BCUT2D eigenvalue weighted by atomic mass is 28.3. The second kappa shape index (κ2) is 11.5. The van der Waals surface area contributed by atoms with Crippen LogP contribution in [0.4, 0.5) is 0 Å². The van der Waals surface area contributed by atoms with Gasteiger partial charge in [0.15, 0.2) is 0 Å². The third-order valence-electron chi connectivity index (χ3n) is 5.50. The molecule has 6 heteroatoms. The van der Waals surface area contributed by atoms with E-state index in [2.05, 4.69) is 63.6 Å². The van der Waals surface area contributed by atoms with Gasteiger partial charge in [-0.25, -0.2) is 9.59 Å². The monoisotopic (exact) mass is 446 g/mol. The van der Waals surface area contributed by atoms with Crippen molar-refractivity contribution in [2.75, 3.05) is 13.2 Å². The second-order valence-electron chi connectivity index (χ2n) is 9.38. The first-order valence-corrected chi connectivity index (χ1v) is 17.0. The Hall–Kier alpha value is -1.93. The molecule has 0 aromatic heterocycles. The molecule has 0 unspecified atom stereocenters. The van der Waals surface area contributed by atoms with Crippen molar-refractivity contribution in [3.63, 3.8) is 0 Å². The molecule has 0 aliphatic rings. The molecule has 4 nitrogen and oxygen atoms in total. The predicted molar refractivity (Wildman–Crippen MR) is 131 cm³/mol. The van der Waals surface area contributed by atoms with E-state index < -0.39 is 16.1 Å². The van der Waals surface area contributed by atoms with Gasteiger partial charge in [0.25, 0.3) is 0 Å². The van der Waals surface area contributed by atoms with Crippen molar-refractivity contribution in [2.45, 2.75) is 65.0 Å². The summed E-state index contributed by atoms with van der Waals surface area (Å²) in [6, 6.07) is 11.3. The zero-order valence-electron chi connectivity index (χ0n) is 19.6. The summed E-state index contributed by atoms with van der Waals surface area (Å²) in [5.74, 6) is -0.610. The van der Waals surface area contributed by atoms with Gasteiger partial charge in [-0.2, -0.15) is 0 Å². The number of carbonyl (C=O) groups excluding carboxylic acids is 2. The largest absolute Gasteiger partial charge is 0.462 e. The summed E-state index contributed by atoms with van der Waals surface area (Å²) < 4.78 is 10.5. The number of carbonyl (C=O) groups is 2. The molecule has 0 amide bonds. The first kappa shape index (κ1) is 26.1. The quantitative estimate of drug-likeness (QED) is 0.205. The van der Waals surface area contributed by atoms with Crippen LogP contribution in [0.5, 0.6) is 0 Å². The molecule has 0 aliphatic carbocycles. The molecule has 0 fully saturated rings. The van der Waals surface area contributed by atoms with Crippen molar-refractivity contribution in [1.82, 2.24) is 0 Å². The molecule has 166 valence electrons. The zero-order chi connectivity index (χ0) is 22.9. The molecule has 1 aromatic rings. The molecule has 30 heavy (non-hydrogen) atoms. The Morgan fingerprint density at radius 2 is 1.03 bits per heavy atom. The summed E-state index contributed by atoms with van der Waals surface area (Å²) in [4.78, 5) is 23.0. The lowest BCUT2D eigenvalue weighted by molar-refractivity contribution is -0.139. The van der Waals surface area contributed by atoms with E-state index in [0.29, 0.717) is 24.4 Å². The van der Waals surface area contributed by atoms with Crippen LogP contribution in [-0.4, -0.2) is 41.3 Å². The van der Waals surface area contributed by atoms with E-state index in [4.69, 9.17) is 9.47 Å². The predicted octanol–water partition coefficient (Wildman–Crippen LogP) is 4.54. The van der Waals surface area contributed by atoms with Crippen LogP contribution in [0.3, 0.4) is 0 Å². The summed E-state index contributed by atoms with van der Waals surface area (Å²) in [5.41, 5.74) is 0.894. The normalized spacial score (nSPS) is 11.7. The lowest BCUT2D eigenvalue weighted by Gasteiger charge is -2.26. The van der Waals surface area contributed by atoms with Crippen molar-refractivity contribution in [2.24, 2.45) is 0 Å². The van der Waals surface area contributed by atoms with Crippen LogP contribution in [0.2, 0.25) is 38.3 Å². The van der Waals surface area contributed by atoms with Gasteiger partial charge in [0.2, 0.25) is 0 Å². The van der Waals surface area contributed by atoms with Gasteiger partial charge in [0, 0.05) is 11.1 Å². The molecule has 0 saturated heterocycles. The minimum atomic E-state index is -1.58. The average molecular weight is 447 g/mol. The SMILES string of the molecule is C=C(C)C(=O)OCCC[Si](C)(C)c1ccc([Si](C)(C)CCCOC(=O)C(=C)C)cc1. The molecule has 0 N–H and O–H groups in total. The summed E-state index contributed by atoms with van der Waals surface area (Å²) in [7, 11) is -3.16. The number of rotatable bonds is 12. The third kappa shape index (κ3) is 8.44. The Kier molecular flexibility index (Phi) is 9.97. The van der Waals surface area contributed by atoms with Crippen LogP contribution < -0.4 is 10.4 Å². The van der Waals surface area contributed by atoms with Crippen molar-refractivity contribution in [3.05, 3.63) is 48.6 Å². The van der Waals surface area contributed by atoms with E-state index in [1.807, 2.05) is 0 Å². The highest BCUT2D eigenvalue weighted by Gasteiger charge is 2.26. The molecular formula is C24H38O4Si2. The standard InChI is InChI=1S/C24H38O4Si2/c1-19(2)23(25)27-15-9-17-29(5,6)21-11-13-22(14-12-21)30(7,8)18-10-16-28-24(26)20(3)4/h11-14H,1,3,9-10,15-18H2,2,4-8H3. The number of benzene rings is 1. The summed E-state index contributed by atoms with van der Waals surface area (Å²) in [6.45, 7) is 20.9. The smallest absolute Gasteiger partial charge is 0.333 e. The topological polar surface area (TPSA) is 52.6 Å². The number of hydrogen-bond donors (Lipinski definition) is 0. The van der Waals surface area contributed by atoms with Crippen LogP contribution in [0, 0.1) is 0 Å². The number of esters is 2. The van der Waals surface area contributed by atoms with E-state index in [1.165, 1.54) is 10.4 Å². The fourth-order valence-corrected chi connectivity index (χ4v) is 8.04. The van der Waals surface area contributed by atoms with Gasteiger partial charge >= 0.3 is 11.9 Å². The van der Waals surface area contributed by atoms with Gasteiger partial charge in [-0.15, -0.1) is 0 Å². The van der Waals surface area contributed by atoms with Crippen LogP contribution in [0.15, 0.2) is 48.6 Å². The average Bonchev–Trinajstić information content (AvgIpc) is 2.68. The minimum Gasteiger partial charge on any atom is -0.462 e. The van der Waals surface area contributed by atoms with Crippen molar-refractivity contribution >= 4 is 38.5 Å². The molecule has 0 heterocycles. The van der Waals surface area contributed by atoms with Gasteiger partial charge in [0.1, 0.15) is 0 Å². The first-order chi connectivity index (χ1) is 13.9. The first-order valence-electron chi connectivity index (χ1n) is 10.6. The Balaban J connectivity index is 2.58. The van der Waals surface area contributed by atoms with E-state index in [1.54, 1.807) is 13.8 Å². The molecule has 0 saturated carbocycles. The van der Waals surface area contributed by atoms with E-state index in [-0.39, 0.29) is 11.9 Å². The van der Waals surface area contributed by atoms with Crippen LogP contribution >= 0.6 is 0 Å². The Morgan fingerprint density at radius 1 is 0.733 bits per heavy atom. The second-order valence-corrected chi connectivity index (χ2v) is 19.1. The van der Waals surface area contributed by atoms with Crippen LogP contribution in [-0.2, 0) is 19.1 Å². The van der Waals surface area contributed by atoms with E-state index >= 15 is 0 Å². The van der Waals surface area contributed by atoms with E-state index in [9.17, 15) is 9.59 Å². The van der Waals surface area contributed by atoms with Gasteiger partial charge in [0.05, 0.1) is 29.4 Å². The van der Waals surface area contributed by atoms with Gasteiger partial charge in [-0.3, -0.25) is 0 Å². The molecule has 1 rings (SSSR count). The zero-order valence-corrected chi connectivity index (χ0v) is 21.6. The lowest BCUT2D eigenvalue weighted by Crippen LogP contribution is -2.45. The molecule has 0 atom stereocenters. The van der Waals surface area contributed by atoms with Crippen molar-refractivity contribution in [3.8, 4) is 0 Å². The van der Waals surface area contributed by atoms with E-state index in [0.717, 1.165) is 24.9 Å². The third-order valence-corrected chi connectivity index (χ3v) is 12.5. The van der Waals surface area contributed by atoms with Crippen molar-refractivity contribution < 1.29 is 19.1 Å². The number of hydrogen-bond acceptors (Lipinski definition) is 4. The van der Waals surface area contributed by atoms with Crippen LogP contribution in [0.25, 0.3) is 0 Å². The molecule has 0 bridgehead atoms. The van der Waals surface area contributed by atoms with Gasteiger partial charge in [-0.05, 0) is 26.7 Å². The maximum absolute atomic E-state index is 11.5. The summed E-state index contributed by atoms with van der Waals surface area (Å²) in [5, 5.41) is 2.86. The molecular weight excluding hydrogens is 408 g/mol. The lowest BCUT2D eigenvalue weighted by atomic mass is 10.4. The maximum atomic E-state index is 11.5. The van der Waals surface area contributed by atoms with Crippen molar-refractivity contribution in [1.29, 1.82) is 0 Å². The number of ether oxygens (including phenoxy) is 2. The Bertz CT molecular complexity index is 699. The highest BCUT2D eigenvalue weighted by molar-refractivity contribution is 6.91. The Labute approximate surface area is 184 Å². The van der Waals surface area contributed by atoms with Gasteiger partial charge in [-0.1, -0.05) is 86.1 Å². The maximum Gasteiger partial charge on any atom is 0.333 e. The van der Waals surface area contributed by atoms with Crippen LogP contribution in [0.1, 0.15) is 26.7 Å². The summed E-state index contributed by atoms with van der Waals surface area (Å²) in [6.07, 6.45) is 1.76. The molecule has 0 radical (unpaired) electrons. The molecule has 0 aliphatic heterocycles. The fraction of sp³-hybridized carbons (Fsp3) is 0.500. The van der Waals surface area contributed by atoms with Gasteiger partial charge < -0.3 is 9.47 Å². The molecule has 1 aromatic carbocycles. The Morgan fingerprint density at radius 3 is 1.30 bits per heavy atom. The fourth-order valence-electron chi connectivity index (χ4n) is 3.27. The minimum absolute atomic E-state index is 0.305. The highest BCUT2D eigenvalue weighted by Crippen LogP contribution is 2.16.